The molecule has 144 valence electrons. The molecule has 0 aliphatic rings. The molecule has 2 aromatic carbocycles. The number of carboxylic acid groups (broad SMARTS) is 1. The highest BCUT2D eigenvalue weighted by molar-refractivity contribution is 6.32. The van der Waals surface area contributed by atoms with Crippen molar-refractivity contribution in [3.63, 3.8) is 0 Å². The molecular formula is C19H20ClNO6. The van der Waals surface area contributed by atoms with Gasteiger partial charge in [-0.2, -0.15) is 0 Å². The highest BCUT2D eigenvalue weighted by Gasteiger charge is 2.23. The fourth-order valence-electron chi connectivity index (χ4n) is 2.54. The number of hydrogen-bond donors (Lipinski definition) is 2. The van der Waals surface area contributed by atoms with Crippen LogP contribution in [0.15, 0.2) is 36.4 Å². The second-order valence-electron chi connectivity index (χ2n) is 5.60. The van der Waals surface area contributed by atoms with E-state index < -0.39 is 17.9 Å². The minimum Gasteiger partial charge on any atom is -0.495 e. The Bertz CT molecular complexity index is 839. The summed E-state index contributed by atoms with van der Waals surface area (Å²) in [6.45, 7) is 0. The van der Waals surface area contributed by atoms with Gasteiger partial charge >= 0.3 is 5.97 Å². The van der Waals surface area contributed by atoms with E-state index in [1.807, 2.05) is 0 Å². The third-order valence-electron chi connectivity index (χ3n) is 3.87. The smallest absolute Gasteiger partial charge is 0.330 e. The molecule has 27 heavy (non-hydrogen) atoms. The van der Waals surface area contributed by atoms with Crippen molar-refractivity contribution >= 4 is 23.5 Å². The third-order valence-corrected chi connectivity index (χ3v) is 4.17. The first-order valence-corrected chi connectivity index (χ1v) is 8.34. The molecule has 7 nitrogen and oxygen atoms in total. The first-order chi connectivity index (χ1) is 12.9. The first-order valence-electron chi connectivity index (χ1n) is 7.96. The maximum Gasteiger partial charge on any atom is 0.330 e. The van der Waals surface area contributed by atoms with Crippen LogP contribution < -0.4 is 19.5 Å². The number of amides is 1. The Kier molecular flexibility index (Phi) is 6.90. The summed E-state index contributed by atoms with van der Waals surface area (Å²) in [5.41, 5.74) is 0.996. The zero-order valence-electron chi connectivity index (χ0n) is 15.1. The van der Waals surface area contributed by atoms with Gasteiger partial charge in [0.25, 0.3) is 0 Å². The van der Waals surface area contributed by atoms with E-state index in [4.69, 9.17) is 25.8 Å². The minimum absolute atomic E-state index is 0.0198. The van der Waals surface area contributed by atoms with E-state index in [1.54, 1.807) is 30.3 Å². The van der Waals surface area contributed by atoms with Crippen molar-refractivity contribution in [3.05, 3.63) is 52.5 Å². The van der Waals surface area contributed by atoms with Crippen molar-refractivity contribution in [3.8, 4) is 17.2 Å². The average molecular weight is 394 g/mol. The van der Waals surface area contributed by atoms with Crippen LogP contribution in [0.1, 0.15) is 17.2 Å². The van der Waals surface area contributed by atoms with Gasteiger partial charge in [-0.3, -0.25) is 4.79 Å². The molecule has 2 aromatic rings. The number of nitrogens with one attached hydrogen (secondary N) is 1. The zero-order valence-corrected chi connectivity index (χ0v) is 15.9. The Balaban J connectivity index is 2.16. The van der Waals surface area contributed by atoms with Crippen LogP contribution in [0.2, 0.25) is 5.02 Å². The van der Waals surface area contributed by atoms with Crippen molar-refractivity contribution in [1.82, 2.24) is 5.32 Å². The normalized spacial score (nSPS) is 11.4. The molecule has 8 heteroatoms. The zero-order chi connectivity index (χ0) is 20.0. The van der Waals surface area contributed by atoms with Crippen LogP contribution in [-0.2, 0) is 16.0 Å². The molecule has 1 unspecified atom stereocenters. The van der Waals surface area contributed by atoms with Gasteiger partial charge in [0.1, 0.15) is 5.75 Å². The number of ether oxygens (including phenoxy) is 3. The van der Waals surface area contributed by atoms with E-state index in [2.05, 4.69) is 5.32 Å². The summed E-state index contributed by atoms with van der Waals surface area (Å²) in [5, 5.41) is 12.2. The van der Waals surface area contributed by atoms with Gasteiger partial charge in [0.15, 0.2) is 17.5 Å². The van der Waals surface area contributed by atoms with Gasteiger partial charge < -0.3 is 24.6 Å². The van der Waals surface area contributed by atoms with Crippen LogP contribution in [0.25, 0.3) is 0 Å². The molecule has 0 radical (unpaired) electrons. The van der Waals surface area contributed by atoms with Crippen LogP contribution >= 0.6 is 11.6 Å². The van der Waals surface area contributed by atoms with Crippen molar-refractivity contribution in [2.75, 3.05) is 21.3 Å². The molecular weight excluding hydrogens is 374 g/mol. The summed E-state index contributed by atoms with van der Waals surface area (Å²) in [7, 11) is 4.47. The highest BCUT2D eigenvalue weighted by Crippen LogP contribution is 2.29. The number of carbonyl (C=O) groups is 2. The number of hydrogen-bond acceptors (Lipinski definition) is 5. The van der Waals surface area contributed by atoms with Gasteiger partial charge in [-0.1, -0.05) is 23.7 Å². The molecule has 0 heterocycles. The lowest BCUT2D eigenvalue weighted by molar-refractivity contribution is -0.141. The summed E-state index contributed by atoms with van der Waals surface area (Å²) in [6, 6.07) is 8.36. The van der Waals surface area contributed by atoms with E-state index in [0.717, 1.165) is 0 Å². The monoisotopic (exact) mass is 393 g/mol. The standard InChI is InChI=1S/C19H20ClNO6/c1-25-14-7-5-12(10-13(14)20)18(19(23)24)21-17(22)9-11-4-6-15(26-2)16(8-11)27-3/h4-8,10,18H,9H2,1-3H3,(H,21,22)(H,23,24). The Morgan fingerprint density at radius 1 is 1.00 bits per heavy atom. The molecule has 2 rings (SSSR count). The second kappa shape index (κ2) is 9.14. The molecule has 2 N–H and O–H groups in total. The molecule has 1 amide bonds. The van der Waals surface area contributed by atoms with Crippen LogP contribution in [0.3, 0.4) is 0 Å². The van der Waals surface area contributed by atoms with Crippen LogP contribution in [0.5, 0.6) is 17.2 Å². The van der Waals surface area contributed by atoms with Crippen molar-refractivity contribution in [2.24, 2.45) is 0 Å². The summed E-state index contributed by atoms with van der Waals surface area (Å²) in [6.07, 6.45) is -0.0198. The largest absolute Gasteiger partial charge is 0.495 e. The van der Waals surface area contributed by atoms with Gasteiger partial charge in [-0.25, -0.2) is 4.79 Å². The Labute approximate surface area is 161 Å². The molecule has 0 aliphatic carbocycles. The van der Waals surface area contributed by atoms with Crippen molar-refractivity contribution in [2.45, 2.75) is 12.5 Å². The fourth-order valence-corrected chi connectivity index (χ4v) is 2.80. The topological polar surface area (TPSA) is 94.1 Å². The lowest BCUT2D eigenvalue weighted by atomic mass is 10.1. The maximum atomic E-state index is 12.4. The van der Waals surface area contributed by atoms with Gasteiger partial charge in [0, 0.05) is 0 Å². The SMILES string of the molecule is COc1ccc(C(NC(=O)Cc2ccc(OC)c(OC)c2)C(=O)O)cc1Cl. The van der Waals surface area contributed by atoms with E-state index in [0.29, 0.717) is 28.4 Å². The van der Waals surface area contributed by atoms with Crippen molar-refractivity contribution < 1.29 is 28.9 Å². The molecule has 1 atom stereocenters. The minimum atomic E-state index is -1.24. The summed E-state index contributed by atoms with van der Waals surface area (Å²) in [5.74, 6) is -0.211. The van der Waals surface area contributed by atoms with E-state index >= 15 is 0 Å². The van der Waals surface area contributed by atoms with Crippen molar-refractivity contribution in [1.29, 1.82) is 0 Å². The predicted octanol–water partition coefficient (Wildman–Crippen LogP) is 2.85. The molecule has 0 aliphatic heterocycles. The predicted molar refractivity (Wildman–Crippen MR) is 99.8 cm³/mol. The highest BCUT2D eigenvalue weighted by atomic mass is 35.5. The third kappa shape index (κ3) is 5.04. The van der Waals surface area contributed by atoms with E-state index in [9.17, 15) is 14.7 Å². The number of methoxy groups -OCH3 is 3. The number of carboxylic acids is 1. The molecule has 0 fully saturated rings. The number of rotatable bonds is 8. The Hall–Kier alpha value is -2.93. The maximum absolute atomic E-state index is 12.4. The van der Waals surface area contributed by atoms with Gasteiger partial charge in [-0.05, 0) is 35.4 Å². The second-order valence-corrected chi connectivity index (χ2v) is 6.01. The molecule has 0 saturated carbocycles. The van der Waals surface area contributed by atoms with Crippen LogP contribution in [-0.4, -0.2) is 38.3 Å². The first kappa shape index (κ1) is 20.4. The quantitative estimate of drug-likeness (QED) is 0.716. The Morgan fingerprint density at radius 3 is 2.19 bits per heavy atom. The molecule has 0 saturated heterocycles. The van der Waals surface area contributed by atoms with Crippen LogP contribution in [0.4, 0.5) is 0 Å². The Morgan fingerprint density at radius 2 is 1.63 bits per heavy atom. The lowest BCUT2D eigenvalue weighted by Gasteiger charge is -2.16. The van der Waals surface area contributed by atoms with E-state index in [-0.39, 0.29) is 11.4 Å². The number of carbonyl (C=O) groups excluding carboxylic acids is 1. The molecule has 0 bridgehead atoms. The molecule has 0 spiro atoms. The summed E-state index contributed by atoms with van der Waals surface area (Å²) < 4.78 is 15.4. The number of aliphatic carboxylic acids is 1. The lowest BCUT2D eigenvalue weighted by Crippen LogP contribution is -2.34. The summed E-state index contributed by atoms with van der Waals surface area (Å²) >= 11 is 6.05. The molecule has 0 aromatic heterocycles. The fraction of sp³-hybridized carbons (Fsp3) is 0.263. The number of halogens is 1. The summed E-state index contributed by atoms with van der Waals surface area (Å²) in [4.78, 5) is 24.0. The van der Waals surface area contributed by atoms with Gasteiger partial charge in [-0.15, -0.1) is 0 Å². The van der Waals surface area contributed by atoms with Gasteiger partial charge in [0.2, 0.25) is 5.91 Å². The average Bonchev–Trinajstić information content (AvgIpc) is 2.65. The number of benzene rings is 2. The van der Waals surface area contributed by atoms with E-state index in [1.165, 1.54) is 27.4 Å². The van der Waals surface area contributed by atoms with Gasteiger partial charge in [0.05, 0.1) is 32.8 Å². The van der Waals surface area contributed by atoms with Crippen LogP contribution in [0, 0.1) is 0 Å².